The van der Waals surface area contributed by atoms with Crippen molar-refractivity contribution in [1.29, 1.82) is 0 Å². The predicted molar refractivity (Wildman–Crippen MR) is 69.0 cm³/mol. The van der Waals surface area contributed by atoms with Gasteiger partial charge in [-0.1, -0.05) is 11.8 Å². The van der Waals surface area contributed by atoms with Crippen molar-refractivity contribution in [2.24, 2.45) is 0 Å². The molecule has 0 bridgehead atoms. The van der Waals surface area contributed by atoms with Crippen LogP contribution in [-0.4, -0.2) is 46.4 Å². The Morgan fingerprint density at radius 2 is 2.56 bits per heavy atom. The van der Waals surface area contributed by atoms with Gasteiger partial charge in [-0.3, -0.25) is 4.57 Å². The molecule has 7 heteroatoms. The minimum absolute atomic E-state index is 0.145. The summed E-state index contributed by atoms with van der Waals surface area (Å²) in [6.45, 7) is 4.73. The second-order valence-corrected chi connectivity index (χ2v) is 5.16. The Kier molecular flexibility index (Phi) is 5.27. The first kappa shape index (κ1) is 13.6. The average molecular weight is 273 g/mol. The van der Waals surface area contributed by atoms with Crippen LogP contribution in [0.3, 0.4) is 0 Å². The van der Waals surface area contributed by atoms with E-state index in [0.29, 0.717) is 19.8 Å². The zero-order chi connectivity index (χ0) is 12.8. The second-order valence-electron chi connectivity index (χ2n) is 4.10. The van der Waals surface area contributed by atoms with Crippen molar-refractivity contribution in [2.75, 3.05) is 25.6 Å². The molecule has 1 atom stereocenters. The molecule has 102 valence electrons. The molecule has 2 rings (SSSR count). The smallest absolute Gasteiger partial charge is 0.344 e. The molecule has 2 heterocycles. The van der Waals surface area contributed by atoms with Crippen molar-refractivity contribution < 1.29 is 9.47 Å². The fourth-order valence-corrected chi connectivity index (χ4v) is 2.71. The minimum atomic E-state index is -0.163. The standard InChI is InChI=1S/C11H19N3O3S/c1-2-16-6-7-18-11-13-12-10(15)14(11)8-9-4-3-5-17-9/h9H,2-8H2,1H3,(H,12,15). The van der Waals surface area contributed by atoms with Gasteiger partial charge < -0.3 is 9.47 Å². The zero-order valence-corrected chi connectivity index (χ0v) is 11.4. The number of hydrogen-bond donors (Lipinski definition) is 1. The topological polar surface area (TPSA) is 69.1 Å². The van der Waals surface area contributed by atoms with Crippen LogP contribution in [0.5, 0.6) is 0 Å². The molecule has 6 nitrogen and oxygen atoms in total. The van der Waals surface area contributed by atoms with Gasteiger partial charge in [-0.25, -0.2) is 9.89 Å². The maximum atomic E-state index is 11.7. The molecule has 0 spiro atoms. The lowest BCUT2D eigenvalue weighted by Crippen LogP contribution is -2.25. The number of thioether (sulfide) groups is 1. The molecule has 1 N–H and O–H groups in total. The van der Waals surface area contributed by atoms with E-state index in [2.05, 4.69) is 10.2 Å². The maximum absolute atomic E-state index is 11.7. The lowest BCUT2D eigenvalue weighted by Gasteiger charge is -2.10. The highest BCUT2D eigenvalue weighted by atomic mass is 32.2. The van der Waals surface area contributed by atoms with Gasteiger partial charge in [-0.2, -0.15) is 0 Å². The molecule has 18 heavy (non-hydrogen) atoms. The van der Waals surface area contributed by atoms with Crippen molar-refractivity contribution in [1.82, 2.24) is 14.8 Å². The quantitative estimate of drug-likeness (QED) is 0.590. The summed E-state index contributed by atoms with van der Waals surface area (Å²) in [5, 5.41) is 7.24. The van der Waals surface area contributed by atoms with E-state index >= 15 is 0 Å². The molecule has 1 aliphatic heterocycles. The summed E-state index contributed by atoms with van der Waals surface area (Å²) in [5.41, 5.74) is -0.163. The van der Waals surface area contributed by atoms with Gasteiger partial charge in [0.1, 0.15) is 0 Å². The van der Waals surface area contributed by atoms with Gasteiger partial charge in [0, 0.05) is 19.0 Å². The summed E-state index contributed by atoms with van der Waals surface area (Å²) >= 11 is 1.53. The summed E-state index contributed by atoms with van der Waals surface area (Å²) < 4.78 is 12.5. The van der Waals surface area contributed by atoms with Crippen LogP contribution in [0.15, 0.2) is 9.95 Å². The first-order valence-electron chi connectivity index (χ1n) is 6.28. The zero-order valence-electron chi connectivity index (χ0n) is 10.6. The number of rotatable bonds is 7. The van der Waals surface area contributed by atoms with E-state index < -0.39 is 0 Å². The van der Waals surface area contributed by atoms with Crippen molar-refractivity contribution in [3.8, 4) is 0 Å². The van der Waals surface area contributed by atoms with E-state index in [1.807, 2.05) is 6.92 Å². The number of nitrogens with zero attached hydrogens (tertiary/aromatic N) is 2. The van der Waals surface area contributed by atoms with Gasteiger partial charge in [0.05, 0.1) is 19.3 Å². The van der Waals surface area contributed by atoms with Crippen molar-refractivity contribution in [2.45, 2.75) is 37.6 Å². The largest absolute Gasteiger partial charge is 0.381 e. The van der Waals surface area contributed by atoms with E-state index in [1.54, 1.807) is 4.57 Å². The molecule has 0 radical (unpaired) electrons. The Morgan fingerprint density at radius 1 is 1.67 bits per heavy atom. The summed E-state index contributed by atoms with van der Waals surface area (Å²) in [6, 6.07) is 0. The van der Waals surface area contributed by atoms with E-state index in [-0.39, 0.29) is 11.8 Å². The first-order chi connectivity index (χ1) is 8.81. The van der Waals surface area contributed by atoms with Gasteiger partial charge in [0.2, 0.25) is 0 Å². The van der Waals surface area contributed by atoms with Crippen LogP contribution in [-0.2, 0) is 16.0 Å². The molecule has 1 aromatic heterocycles. The summed E-state index contributed by atoms with van der Waals surface area (Å²) in [5.74, 6) is 0.795. The van der Waals surface area contributed by atoms with Crippen LogP contribution in [0.25, 0.3) is 0 Å². The third-order valence-corrected chi connectivity index (χ3v) is 3.74. The highest BCUT2D eigenvalue weighted by Crippen LogP contribution is 2.17. The number of ether oxygens (including phenoxy) is 2. The van der Waals surface area contributed by atoms with Gasteiger partial charge in [0.25, 0.3) is 0 Å². The fraction of sp³-hybridized carbons (Fsp3) is 0.818. The van der Waals surface area contributed by atoms with Crippen LogP contribution in [0, 0.1) is 0 Å². The molecule has 1 aliphatic rings. The van der Waals surface area contributed by atoms with Crippen LogP contribution < -0.4 is 5.69 Å². The van der Waals surface area contributed by atoms with E-state index in [0.717, 1.165) is 30.4 Å². The Hall–Kier alpha value is -0.790. The van der Waals surface area contributed by atoms with Gasteiger partial charge in [0.15, 0.2) is 5.16 Å². The van der Waals surface area contributed by atoms with Crippen LogP contribution >= 0.6 is 11.8 Å². The third kappa shape index (κ3) is 3.60. The Balaban J connectivity index is 1.91. The molecule has 0 amide bonds. The normalized spacial score (nSPS) is 19.5. The molecule has 0 aromatic carbocycles. The van der Waals surface area contributed by atoms with E-state index in [4.69, 9.17) is 9.47 Å². The number of hydrogen-bond acceptors (Lipinski definition) is 5. The molecule has 0 saturated carbocycles. The van der Waals surface area contributed by atoms with Gasteiger partial charge >= 0.3 is 5.69 Å². The Labute approximate surface area is 110 Å². The summed E-state index contributed by atoms with van der Waals surface area (Å²) in [7, 11) is 0. The Morgan fingerprint density at radius 3 is 3.28 bits per heavy atom. The molecule has 1 aromatic rings. The minimum Gasteiger partial charge on any atom is -0.381 e. The molecule has 1 saturated heterocycles. The van der Waals surface area contributed by atoms with Crippen LogP contribution in [0.4, 0.5) is 0 Å². The molecular formula is C11H19N3O3S. The lowest BCUT2D eigenvalue weighted by molar-refractivity contribution is 0.0941. The highest BCUT2D eigenvalue weighted by molar-refractivity contribution is 7.99. The van der Waals surface area contributed by atoms with Crippen molar-refractivity contribution in [3.05, 3.63) is 10.5 Å². The lowest BCUT2D eigenvalue weighted by atomic mass is 10.2. The summed E-state index contributed by atoms with van der Waals surface area (Å²) in [6.07, 6.45) is 2.23. The van der Waals surface area contributed by atoms with Crippen molar-refractivity contribution in [3.63, 3.8) is 0 Å². The van der Waals surface area contributed by atoms with Gasteiger partial charge in [-0.05, 0) is 19.8 Å². The van der Waals surface area contributed by atoms with E-state index in [9.17, 15) is 4.79 Å². The molecule has 1 unspecified atom stereocenters. The SMILES string of the molecule is CCOCCSc1n[nH]c(=O)n1CC1CCCO1. The first-order valence-corrected chi connectivity index (χ1v) is 7.27. The Bertz CT molecular complexity index is 412. The average Bonchev–Trinajstić information content (AvgIpc) is 2.99. The molecule has 0 aliphatic carbocycles. The molecule has 1 fully saturated rings. The van der Waals surface area contributed by atoms with Crippen molar-refractivity contribution >= 4 is 11.8 Å². The predicted octanol–water partition coefficient (Wildman–Crippen LogP) is 0.879. The maximum Gasteiger partial charge on any atom is 0.344 e. The number of aromatic nitrogens is 3. The third-order valence-electron chi connectivity index (χ3n) is 2.80. The van der Waals surface area contributed by atoms with E-state index in [1.165, 1.54) is 11.8 Å². The monoisotopic (exact) mass is 273 g/mol. The number of aromatic amines is 1. The fourth-order valence-electron chi connectivity index (χ4n) is 1.90. The van der Waals surface area contributed by atoms with Crippen LogP contribution in [0.2, 0.25) is 0 Å². The number of nitrogens with one attached hydrogen (secondary N) is 1. The second kappa shape index (κ2) is 6.96. The highest BCUT2D eigenvalue weighted by Gasteiger charge is 2.19. The summed E-state index contributed by atoms with van der Waals surface area (Å²) in [4.78, 5) is 11.7. The van der Waals surface area contributed by atoms with Crippen LogP contribution in [0.1, 0.15) is 19.8 Å². The molecular weight excluding hydrogens is 254 g/mol. The van der Waals surface area contributed by atoms with Gasteiger partial charge in [-0.15, -0.1) is 5.10 Å². The number of H-pyrrole nitrogens is 1.